The number of anilines is 1. The maximum atomic E-state index is 12.7. The molecule has 0 aliphatic carbocycles. The molecule has 2 N–H and O–H groups in total. The van der Waals surface area contributed by atoms with E-state index in [1.54, 1.807) is 30.3 Å². The lowest BCUT2D eigenvalue weighted by molar-refractivity contribution is 0.102. The van der Waals surface area contributed by atoms with Crippen molar-refractivity contribution >= 4 is 28.8 Å². The number of aromatic hydroxyl groups is 1. The largest absolute Gasteiger partial charge is 0.506 e. The third kappa shape index (κ3) is 4.02. The minimum atomic E-state index is -0.413. The van der Waals surface area contributed by atoms with Crippen molar-refractivity contribution in [3.63, 3.8) is 0 Å². The number of amides is 1. The molecule has 2 heterocycles. The number of pyridine rings is 1. The number of rotatable bonds is 5. The number of hydrogen-bond donors (Lipinski definition) is 2. The molecule has 146 valence electrons. The molecule has 29 heavy (non-hydrogen) atoms. The van der Waals surface area contributed by atoms with Gasteiger partial charge in [-0.15, -0.1) is 0 Å². The van der Waals surface area contributed by atoms with Crippen molar-refractivity contribution < 1.29 is 14.6 Å². The number of hydrogen-bond acceptors (Lipinski definition) is 4. The van der Waals surface area contributed by atoms with E-state index in [2.05, 4.69) is 10.3 Å². The van der Waals surface area contributed by atoms with Crippen molar-refractivity contribution in [2.45, 2.75) is 13.5 Å². The summed E-state index contributed by atoms with van der Waals surface area (Å²) < 4.78 is 7.82. The molecule has 0 saturated heterocycles. The van der Waals surface area contributed by atoms with Crippen LogP contribution in [0.15, 0.2) is 67.0 Å². The van der Waals surface area contributed by atoms with Gasteiger partial charge in [0, 0.05) is 17.4 Å². The molecule has 0 atom stereocenters. The highest BCUT2D eigenvalue weighted by molar-refractivity contribution is 6.31. The Morgan fingerprint density at radius 2 is 2.03 bits per heavy atom. The van der Waals surface area contributed by atoms with Gasteiger partial charge >= 0.3 is 0 Å². The molecule has 0 fully saturated rings. The van der Waals surface area contributed by atoms with E-state index in [1.165, 1.54) is 12.1 Å². The summed E-state index contributed by atoms with van der Waals surface area (Å²) in [4.78, 5) is 17.3. The van der Waals surface area contributed by atoms with Crippen LogP contribution < -0.4 is 10.1 Å². The molecule has 2 aromatic heterocycles. The van der Waals surface area contributed by atoms with Gasteiger partial charge in [0.05, 0.1) is 16.9 Å². The van der Waals surface area contributed by atoms with E-state index in [9.17, 15) is 9.90 Å². The quantitative estimate of drug-likeness (QED) is 0.464. The summed E-state index contributed by atoms with van der Waals surface area (Å²) in [6, 6.07) is 15.3. The molecule has 0 unspecified atom stereocenters. The van der Waals surface area contributed by atoms with Crippen LogP contribution in [-0.4, -0.2) is 20.4 Å². The van der Waals surface area contributed by atoms with E-state index < -0.39 is 5.91 Å². The fourth-order valence-corrected chi connectivity index (χ4v) is 3.18. The van der Waals surface area contributed by atoms with Crippen LogP contribution in [0, 0.1) is 6.92 Å². The Kier molecular flexibility index (Phi) is 5.10. The van der Waals surface area contributed by atoms with Crippen molar-refractivity contribution in [2.24, 2.45) is 0 Å². The number of ether oxygens (including phenoxy) is 1. The summed E-state index contributed by atoms with van der Waals surface area (Å²) in [5, 5.41) is 13.0. The van der Waals surface area contributed by atoms with Gasteiger partial charge in [0.15, 0.2) is 0 Å². The molecule has 7 heteroatoms. The highest BCUT2D eigenvalue weighted by Gasteiger charge is 2.15. The molecule has 6 nitrogen and oxygen atoms in total. The molecule has 1 amide bonds. The fraction of sp³-hybridized carbons (Fsp3) is 0.0909. The minimum Gasteiger partial charge on any atom is -0.506 e. The fourth-order valence-electron chi connectivity index (χ4n) is 3.00. The number of halogens is 1. The second-order valence-electron chi connectivity index (χ2n) is 6.55. The molecule has 0 aliphatic rings. The zero-order chi connectivity index (χ0) is 20.4. The van der Waals surface area contributed by atoms with Gasteiger partial charge in [0.2, 0.25) is 0 Å². The summed E-state index contributed by atoms with van der Waals surface area (Å²) >= 11 is 5.94. The van der Waals surface area contributed by atoms with Crippen LogP contribution in [0.5, 0.6) is 11.5 Å². The molecule has 0 radical (unpaired) electrons. The number of nitrogens with one attached hydrogen (secondary N) is 1. The topological polar surface area (TPSA) is 75.9 Å². The van der Waals surface area contributed by atoms with Gasteiger partial charge < -0.3 is 19.6 Å². The van der Waals surface area contributed by atoms with Gasteiger partial charge in [-0.2, -0.15) is 0 Å². The van der Waals surface area contributed by atoms with E-state index in [0.29, 0.717) is 16.3 Å². The predicted molar refractivity (Wildman–Crippen MR) is 112 cm³/mol. The van der Waals surface area contributed by atoms with E-state index in [0.717, 1.165) is 16.9 Å². The SMILES string of the molecule is Cc1cccn2cc(COc3ccccc3C(=O)Nc3cc(Cl)ccc3O)nc12. The molecule has 2 aromatic carbocycles. The molecule has 0 bridgehead atoms. The van der Waals surface area contributed by atoms with Crippen molar-refractivity contribution in [1.29, 1.82) is 0 Å². The summed E-state index contributed by atoms with van der Waals surface area (Å²) in [7, 11) is 0. The highest BCUT2D eigenvalue weighted by Crippen LogP contribution is 2.28. The number of imidazole rings is 1. The maximum Gasteiger partial charge on any atom is 0.259 e. The molecule has 0 spiro atoms. The van der Waals surface area contributed by atoms with Gasteiger partial charge in [-0.3, -0.25) is 4.79 Å². The van der Waals surface area contributed by atoms with Gasteiger partial charge in [-0.1, -0.05) is 29.8 Å². The van der Waals surface area contributed by atoms with Crippen LogP contribution in [0.1, 0.15) is 21.6 Å². The zero-order valence-corrected chi connectivity index (χ0v) is 16.3. The second-order valence-corrected chi connectivity index (χ2v) is 6.99. The van der Waals surface area contributed by atoms with Gasteiger partial charge in [0.25, 0.3) is 5.91 Å². The number of phenols is 1. The molecule has 4 rings (SSSR count). The first-order valence-electron chi connectivity index (χ1n) is 8.96. The number of aromatic nitrogens is 2. The van der Waals surface area contributed by atoms with Crippen LogP contribution in [-0.2, 0) is 6.61 Å². The number of benzene rings is 2. The Morgan fingerprint density at radius 3 is 2.86 bits per heavy atom. The van der Waals surface area contributed by atoms with Crippen molar-refractivity contribution in [3.05, 3.63) is 88.8 Å². The number of para-hydroxylation sites is 1. The number of fused-ring (bicyclic) bond motifs is 1. The van der Waals surface area contributed by atoms with Crippen LogP contribution in [0.25, 0.3) is 5.65 Å². The number of aryl methyl sites for hydroxylation is 1. The number of phenolic OH excluding ortho intramolecular Hbond substituents is 1. The normalized spacial score (nSPS) is 10.8. The van der Waals surface area contributed by atoms with Gasteiger partial charge in [0.1, 0.15) is 23.8 Å². The predicted octanol–water partition coefficient (Wildman–Crippen LogP) is 4.83. The lowest BCUT2D eigenvalue weighted by Gasteiger charge is -2.12. The van der Waals surface area contributed by atoms with E-state index in [-0.39, 0.29) is 18.0 Å². The van der Waals surface area contributed by atoms with Crippen molar-refractivity contribution in [1.82, 2.24) is 9.38 Å². The van der Waals surface area contributed by atoms with E-state index in [1.807, 2.05) is 35.9 Å². The number of carbonyl (C=O) groups excluding carboxylic acids is 1. The minimum absolute atomic E-state index is 0.0683. The molecule has 0 saturated carbocycles. The van der Waals surface area contributed by atoms with Gasteiger partial charge in [-0.25, -0.2) is 4.98 Å². The summed E-state index contributed by atoms with van der Waals surface area (Å²) in [5.41, 5.74) is 3.26. The third-order valence-corrected chi connectivity index (χ3v) is 4.68. The Bertz CT molecular complexity index is 1200. The Morgan fingerprint density at radius 1 is 1.21 bits per heavy atom. The molecular weight excluding hydrogens is 390 g/mol. The molecular formula is C22H18ClN3O3. The highest BCUT2D eigenvalue weighted by atomic mass is 35.5. The van der Waals surface area contributed by atoms with Crippen LogP contribution >= 0.6 is 11.6 Å². The first kappa shape index (κ1) is 18.8. The van der Waals surface area contributed by atoms with Crippen LogP contribution in [0.4, 0.5) is 5.69 Å². The molecule has 0 aliphatic heterocycles. The molecule has 4 aromatic rings. The first-order valence-corrected chi connectivity index (χ1v) is 9.34. The van der Waals surface area contributed by atoms with Gasteiger partial charge in [-0.05, 0) is 48.9 Å². The Hall–Kier alpha value is -3.51. The summed E-state index contributed by atoms with van der Waals surface area (Å²) in [6.45, 7) is 2.21. The lowest BCUT2D eigenvalue weighted by Crippen LogP contribution is -2.13. The third-order valence-electron chi connectivity index (χ3n) is 4.44. The monoisotopic (exact) mass is 407 g/mol. The number of carbonyl (C=O) groups is 1. The van der Waals surface area contributed by atoms with Crippen LogP contribution in [0.2, 0.25) is 5.02 Å². The zero-order valence-electron chi connectivity index (χ0n) is 15.6. The van der Waals surface area contributed by atoms with Crippen LogP contribution in [0.3, 0.4) is 0 Å². The Balaban J connectivity index is 1.53. The average molecular weight is 408 g/mol. The lowest BCUT2D eigenvalue weighted by atomic mass is 10.1. The average Bonchev–Trinajstić information content (AvgIpc) is 3.14. The second kappa shape index (κ2) is 7.85. The number of nitrogens with zero attached hydrogens (tertiary/aromatic N) is 2. The maximum absolute atomic E-state index is 12.7. The Labute approximate surface area is 172 Å². The van der Waals surface area contributed by atoms with Crippen molar-refractivity contribution in [3.8, 4) is 11.5 Å². The summed E-state index contributed by atoms with van der Waals surface area (Å²) in [6.07, 6.45) is 3.83. The van der Waals surface area contributed by atoms with E-state index >= 15 is 0 Å². The standard InChI is InChI=1S/C22H18ClN3O3/c1-14-5-4-10-26-12-16(24-21(14)26)13-29-20-7-3-2-6-17(20)22(28)25-18-11-15(23)8-9-19(18)27/h2-12,27H,13H2,1H3,(H,25,28). The first-order chi connectivity index (χ1) is 14.0. The smallest absolute Gasteiger partial charge is 0.259 e. The van der Waals surface area contributed by atoms with Crippen molar-refractivity contribution in [2.75, 3.05) is 5.32 Å². The van der Waals surface area contributed by atoms with E-state index in [4.69, 9.17) is 16.3 Å². The summed E-state index contributed by atoms with van der Waals surface area (Å²) in [5.74, 6) is -0.0643.